The van der Waals surface area contributed by atoms with Crippen molar-refractivity contribution >= 4 is 11.6 Å². The van der Waals surface area contributed by atoms with Gasteiger partial charge in [-0.15, -0.1) is 0 Å². The molecule has 1 N–H and O–H groups in total. The number of likely N-dealkylation sites (tertiary alicyclic amines) is 1. The first kappa shape index (κ1) is 18.4. The van der Waals surface area contributed by atoms with Crippen LogP contribution in [-0.4, -0.2) is 41.9 Å². The van der Waals surface area contributed by atoms with Gasteiger partial charge in [-0.3, -0.25) is 14.9 Å². The van der Waals surface area contributed by atoms with Crippen LogP contribution in [0, 0.1) is 28.9 Å². The van der Waals surface area contributed by atoms with Crippen LogP contribution < -0.4 is 5.32 Å². The summed E-state index contributed by atoms with van der Waals surface area (Å²) in [7, 11) is 0. The SMILES string of the molecule is Cc1cc(C(=O)NCCCN2CC(C)CC(C)C2)ccc1[N+](=O)[O-]. The molecule has 24 heavy (non-hydrogen) atoms. The molecule has 0 spiro atoms. The summed E-state index contributed by atoms with van der Waals surface area (Å²) in [6.45, 7) is 10.1. The Labute approximate surface area is 143 Å². The molecule has 1 aliphatic rings. The number of hydrogen-bond acceptors (Lipinski definition) is 4. The normalized spacial score (nSPS) is 21.5. The van der Waals surface area contributed by atoms with Gasteiger partial charge in [0.05, 0.1) is 4.92 Å². The van der Waals surface area contributed by atoms with E-state index in [2.05, 4.69) is 24.1 Å². The van der Waals surface area contributed by atoms with Gasteiger partial charge in [-0.25, -0.2) is 0 Å². The van der Waals surface area contributed by atoms with Gasteiger partial charge in [-0.1, -0.05) is 13.8 Å². The molecule has 1 aromatic rings. The van der Waals surface area contributed by atoms with Crippen LogP contribution in [0.15, 0.2) is 18.2 Å². The number of amides is 1. The average molecular weight is 333 g/mol. The summed E-state index contributed by atoms with van der Waals surface area (Å²) in [6.07, 6.45) is 2.21. The molecule has 0 aliphatic carbocycles. The lowest BCUT2D eigenvalue weighted by molar-refractivity contribution is -0.385. The third kappa shape index (κ3) is 5.03. The topological polar surface area (TPSA) is 75.5 Å². The van der Waals surface area contributed by atoms with Crippen LogP contribution in [0.4, 0.5) is 5.69 Å². The van der Waals surface area contributed by atoms with Crippen molar-refractivity contribution in [1.29, 1.82) is 0 Å². The zero-order valence-corrected chi connectivity index (χ0v) is 14.7. The molecule has 1 saturated heterocycles. The number of nitrogens with one attached hydrogen (secondary N) is 1. The number of nitro groups is 1. The lowest BCUT2D eigenvalue weighted by Gasteiger charge is -2.34. The van der Waals surface area contributed by atoms with Gasteiger partial charge in [0.15, 0.2) is 0 Å². The summed E-state index contributed by atoms with van der Waals surface area (Å²) in [5, 5.41) is 13.7. The number of rotatable bonds is 6. The van der Waals surface area contributed by atoms with E-state index in [1.165, 1.54) is 18.6 Å². The molecule has 0 aromatic heterocycles. The average Bonchev–Trinajstić information content (AvgIpc) is 2.50. The predicted octanol–water partition coefficient (Wildman–Crippen LogP) is 3.00. The van der Waals surface area contributed by atoms with Crippen molar-refractivity contribution in [3.8, 4) is 0 Å². The summed E-state index contributed by atoms with van der Waals surface area (Å²) < 4.78 is 0. The molecule has 1 aliphatic heterocycles. The van der Waals surface area contributed by atoms with Crippen molar-refractivity contribution in [2.75, 3.05) is 26.2 Å². The molecule has 0 bridgehead atoms. The summed E-state index contributed by atoms with van der Waals surface area (Å²) >= 11 is 0. The minimum absolute atomic E-state index is 0.0416. The van der Waals surface area contributed by atoms with Crippen molar-refractivity contribution < 1.29 is 9.72 Å². The van der Waals surface area contributed by atoms with Crippen molar-refractivity contribution in [3.63, 3.8) is 0 Å². The van der Waals surface area contributed by atoms with Gasteiger partial charge >= 0.3 is 0 Å². The first-order chi connectivity index (χ1) is 11.4. The monoisotopic (exact) mass is 333 g/mol. The van der Waals surface area contributed by atoms with E-state index < -0.39 is 4.92 Å². The standard InChI is InChI=1S/C18H27N3O3/c1-13-9-14(2)12-20(11-13)8-4-7-19-18(22)16-5-6-17(21(23)24)15(3)10-16/h5-6,10,13-14H,4,7-9,11-12H2,1-3H3,(H,19,22). The number of carbonyl (C=O) groups is 1. The van der Waals surface area contributed by atoms with Gasteiger partial charge < -0.3 is 10.2 Å². The number of hydrogen-bond donors (Lipinski definition) is 1. The van der Waals surface area contributed by atoms with Gasteiger partial charge in [0.1, 0.15) is 0 Å². The largest absolute Gasteiger partial charge is 0.352 e. The molecule has 132 valence electrons. The van der Waals surface area contributed by atoms with E-state index in [0.29, 0.717) is 17.7 Å². The Morgan fingerprint density at radius 1 is 1.33 bits per heavy atom. The number of nitrogens with zero attached hydrogens (tertiary/aromatic N) is 2. The maximum atomic E-state index is 12.1. The summed E-state index contributed by atoms with van der Waals surface area (Å²) in [5.41, 5.74) is 1.02. The zero-order chi connectivity index (χ0) is 17.7. The molecule has 0 saturated carbocycles. The molecular weight excluding hydrogens is 306 g/mol. The fraction of sp³-hybridized carbons (Fsp3) is 0.611. The fourth-order valence-corrected chi connectivity index (χ4v) is 3.58. The van der Waals surface area contributed by atoms with Crippen LogP contribution in [0.2, 0.25) is 0 Å². The van der Waals surface area contributed by atoms with Gasteiger partial charge in [-0.05, 0) is 50.3 Å². The molecule has 2 rings (SSSR count). The maximum absolute atomic E-state index is 12.1. The molecule has 1 heterocycles. The second kappa shape index (κ2) is 8.24. The predicted molar refractivity (Wildman–Crippen MR) is 94.2 cm³/mol. The van der Waals surface area contributed by atoms with E-state index in [-0.39, 0.29) is 11.6 Å². The second-order valence-corrected chi connectivity index (χ2v) is 7.07. The molecule has 1 fully saturated rings. The second-order valence-electron chi connectivity index (χ2n) is 7.07. The zero-order valence-electron chi connectivity index (χ0n) is 14.7. The molecule has 1 aromatic carbocycles. The Hall–Kier alpha value is -1.95. The van der Waals surface area contributed by atoms with Gasteiger partial charge in [0.25, 0.3) is 11.6 Å². The van der Waals surface area contributed by atoms with E-state index >= 15 is 0 Å². The highest BCUT2D eigenvalue weighted by Crippen LogP contribution is 2.21. The Morgan fingerprint density at radius 3 is 2.58 bits per heavy atom. The summed E-state index contributed by atoms with van der Waals surface area (Å²) in [4.78, 5) is 25.0. The Morgan fingerprint density at radius 2 is 2.00 bits per heavy atom. The highest BCUT2D eigenvalue weighted by atomic mass is 16.6. The molecule has 2 atom stereocenters. The molecule has 0 radical (unpaired) electrons. The van der Waals surface area contributed by atoms with E-state index in [4.69, 9.17) is 0 Å². The fourth-order valence-electron chi connectivity index (χ4n) is 3.58. The number of piperidine rings is 1. The van der Waals surface area contributed by atoms with E-state index in [1.54, 1.807) is 13.0 Å². The maximum Gasteiger partial charge on any atom is 0.272 e. The van der Waals surface area contributed by atoms with E-state index in [9.17, 15) is 14.9 Å². The van der Waals surface area contributed by atoms with Crippen LogP contribution in [-0.2, 0) is 0 Å². The third-order valence-corrected chi connectivity index (χ3v) is 4.54. The molecule has 6 heteroatoms. The first-order valence-corrected chi connectivity index (χ1v) is 8.62. The number of nitro benzene ring substituents is 1. The van der Waals surface area contributed by atoms with Gasteiger partial charge in [0.2, 0.25) is 0 Å². The van der Waals surface area contributed by atoms with Crippen molar-refractivity contribution in [1.82, 2.24) is 10.2 Å². The summed E-state index contributed by atoms with van der Waals surface area (Å²) in [6, 6.07) is 4.47. The van der Waals surface area contributed by atoms with Crippen LogP contribution in [0.25, 0.3) is 0 Å². The van der Waals surface area contributed by atoms with E-state index in [0.717, 1.165) is 37.9 Å². The lowest BCUT2D eigenvalue weighted by atomic mass is 9.92. The van der Waals surface area contributed by atoms with E-state index in [1.807, 2.05) is 0 Å². The first-order valence-electron chi connectivity index (χ1n) is 8.62. The summed E-state index contributed by atoms with van der Waals surface area (Å²) in [5.74, 6) is 1.31. The van der Waals surface area contributed by atoms with Gasteiger partial charge in [0, 0.05) is 36.8 Å². The van der Waals surface area contributed by atoms with Crippen molar-refractivity contribution in [2.45, 2.75) is 33.6 Å². The van der Waals surface area contributed by atoms with Crippen LogP contribution in [0.1, 0.15) is 42.6 Å². The van der Waals surface area contributed by atoms with Gasteiger partial charge in [-0.2, -0.15) is 0 Å². The lowest BCUT2D eigenvalue weighted by Crippen LogP contribution is -2.40. The highest BCUT2D eigenvalue weighted by Gasteiger charge is 2.21. The van der Waals surface area contributed by atoms with Crippen LogP contribution in [0.5, 0.6) is 0 Å². The highest BCUT2D eigenvalue weighted by molar-refractivity contribution is 5.94. The van der Waals surface area contributed by atoms with Crippen molar-refractivity contribution in [3.05, 3.63) is 39.4 Å². The van der Waals surface area contributed by atoms with Crippen LogP contribution >= 0.6 is 0 Å². The molecule has 1 amide bonds. The minimum atomic E-state index is -0.433. The third-order valence-electron chi connectivity index (χ3n) is 4.54. The van der Waals surface area contributed by atoms with Crippen LogP contribution in [0.3, 0.4) is 0 Å². The number of aryl methyl sites for hydroxylation is 1. The van der Waals surface area contributed by atoms with Crippen molar-refractivity contribution in [2.24, 2.45) is 11.8 Å². The molecular formula is C18H27N3O3. The Balaban J connectivity index is 1.77. The minimum Gasteiger partial charge on any atom is -0.352 e. The number of benzene rings is 1. The Bertz CT molecular complexity index is 593. The Kier molecular flexibility index (Phi) is 6.31. The molecule has 2 unspecified atom stereocenters. The number of carbonyl (C=O) groups excluding carboxylic acids is 1. The molecule has 6 nitrogen and oxygen atoms in total. The smallest absolute Gasteiger partial charge is 0.272 e. The quantitative estimate of drug-likeness (QED) is 0.493.